The molecule has 7 nitrogen and oxygen atoms in total. The summed E-state index contributed by atoms with van der Waals surface area (Å²) < 4.78 is 4.75. The van der Waals surface area contributed by atoms with Crippen molar-refractivity contribution < 1.29 is 24.2 Å². The van der Waals surface area contributed by atoms with Gasteiger partial charge in [-0.05, 0) is 19.3 Å². The van der Waals surface area contributed by atoms with Crippen molar-refractivity contribution in [2.45, 2.75) is 25.3 Å². The first-order valence-electron chi connectivity index (χ1n) is 6.82. The Morgan fingerprint density at radius 2 is 1.90 bits per heavy atom. The fourth-order valence-corrected chi connectivity index (χ4v) is 2.62. The van der Waals surface area contributed by atoms with Gasteiger partial charge in [0, 0.05) is 26.2 Å². The Kier molecular flexibility index (Phi) is 4.59. The molecule has 0 unspecified atom stereocenters. The normalized spacial score (nSPS) is 26.1. The summed E-state index contributed by atoms with van der Waals surface area (Å²) in [5.74, 6) is -1.93. The molecule has 0 aromatic rings. The second kappa shape index (κ2) is 6.21. The molecule has 112 valence electrons. The van der Waals surface area contributed by atoms with Crippen LogP contribution in [0.25, 0.3) is 0 Å². The van der Waals surface area contributed by atoms with Gasteiger partial charge in [0.2, 0.25) is 11.8 Å². The van der Waals surface area contributed by atoms with Crippen molar-refractivity contribution in [1.82, 2.24) is 10.2 Å². The van der Waals surface area contributed by atoms with E-state index in [4.69, 9.17) is 9.84 Å². The van der Waals surface area contributed by atoms with Crippen LogP contribution in [-0.4, -0.2) is 60.6 Å². The van der Waals surface area contributed by atoms with Crippen LogP contribution in [-0.2, 0) is 19.1 Å². The lowest BCUT2D eigenvalue weighted by Crippen LogP contribution is -2.47. The van der Waals surface area contributed by atoms with Crippen LogP contribution < -0.4 is 5.32 Å². The minimum absolute atomic E-state index is 0.0432. The molecular formula is C13H20N2O5. The third-order valence-electron chi connectivity index (χ3n) is 3.87. The number of rotatable bonds is 5. The molecule has 2 fully saturated rings. The first-order valence-corrected chi connectivity index (χ1v) is 6.82. The van der Waals surface area contributed by atoms with Gasteiger partial charge in [-0.1, -0.05) is 0 Å². The highest BCUT2D eigenvalue weighted by molar-refractivity contribution is 5.89. The number of hydrogen-bond acceptors (Lipinski definition) is 4. The maximum atomic E-state index is 12.1. The van der Waals surface area contributed by atoms with Crippen molar-refractivity contribution in [1.29, 1.82) is 0 Å². The van der Waals surface area contributed by atoms with Crippen LogP contribution in [0.3, 0.4) is 0 Å². The Balaban J connectivity index is 1.73. The molecule has 2 aliphatic rings. The van der Waals surface area contributed by atoms with Crippen LogP contribution in [0.15, 0.2) is 0 Å². The van der Waals surface area contributed by atoms with Crippen LogP contribution in [0.4, 0.5) is 0 Å². The van der Waals surface area contributed by atoms with E-state index in [0.29, 0.717) is 32.4 Å². The molecule has 0 aromatic heterocycles. The molecule has 0 radical (unpaired) electrons. The summed E-state index contributed by atoms with van der Waals surface area (Å²) in [7, 11) is 1.47. The zero-order valence-corrected chi connectivity index (χ0v) is 11.5. The average molecular weight is 284 g/mol. The highest BCUT2D eigenvalue weighted by Crippen LogP contribution is 2.40. The number of aliphatic carboxylic acids is 1. The largest absolute Gasteiger partial charge is 0.481 e. The van der Waals surface area contributed by atoms with E-state index in [0.717, 1.165) is 0 Å². The minimum atomic E-state index is -0.884. The van der Waals surface area contributed by atoms with Gasteiger partial charge >= 0.3 is 5.97 Å². The van der Waals surface area contributed by atoms with E-state index < -0.39 is 11.9 Å². The van der Waals surface area contributed by atoms with Crippen LogP contribution in [0, 0.1) is 11.8 Å². The monoisotopic (exact) mass is 284 g/mol. The molecule has 2 amide bonds. The molecule has 0 aromatic carbocycles. The number of methoxy groups -OCH3 is 1. The first-order chi connectivity index (χ1) is 9.52. The number of nitrogens with one attached hydrogen (secondary N) is 1. The summed E-state index contributed by atoms with van der Waals surface area (Å²) in [4.78, 5) is 35.9. The van der Waals surface area contributed by atoms with Gasteiger partial charge in [-0.15, -0.1) is 0 Å². The van der Waals surface area contributed by atoms with E-state index in [1.165, 1.54) is 7.11 Å². The number of carboxylic acid groups (broad SMARTS) is 1. The van der Waals surface area contributed by atoms with Gasteiger partial charge in [0.05, 0.1) is 11.8 Å². The smallest absolute Gasteiger partial charge is 0.307 e. The van der Waals surface area contributed by atoms with E-state index >= 15 is 0 Å². The van der Waals surface area contributed by atoms with E-state index in [1.54, 1.807) is 4.90 Å². The summed E-state index contributed by atoms with van der Waals surface area (Å²) in [5, 5.41) is 11.7. The van der Waals surface area contributed by atoms with Gasteiger partial charge in [-0.3, -0.25) is 14.4 Å². The van der Waals surface area contributed by atoms with Crippen molar-refractivity contribution in [2.24, 2.45) is 11.8 Å². The van der Waals surface area contributed by atoms with Crippen molar-refractivity contribution >= 4 is 17.8 Å². The summed E-state index contributed by atoms with van der Waals surface area (Å²) in [6.45, 7) is 1.18. The molecule has 0 bridgehead atoms. The maximum absolute atomic E-state index is 12.1. The van der Waals surface area contributed by atoms with Crippen molar-refractivity contribution in [3.8, 4) is 0 Å². The molecule has 7 heteroatoms. The third kappa shape index (κ3) is 3.47. The molecule has 1 aliphatic carbocycles. The summed E-state index contributed by atoms with van der Waals surface area (Å²) in [6, 6.07) is 0.0659. The van der Waals surface area contributed by atoms with Gasteiger partial charge < -0.3 is 20.1 Å². The van der Waals surface area contributed by atoms with Crippen LogP contribution >= 0.6 is 0 Å². The van der Waals surface area contributed by atoms with Crippen LogP contribution in [0.1, 0.15) is 19.3 Å². The molecule has 1 saturated heterocycles. The molecule has 1 aliphatic heterocycles. The van der Waals surface area contributed by atoms with Gasteiger partial charge in [0.25, 0.3) is 0 Å². The van der Waals surface area contributed by atoms with E-state index in [1.807, 2.05) is 0 Å². The van der Waals surface area contributed by atoms with E-state index in [-0.39, 0.29) is 30.4 Å². The summed E-state index contributed by atoms with van der Waals surface area (Å²) in [5.41, 5.74) is 0. The Morgan fingerprint density at radius 3 is 2.40 bits per heavy atom. The topological polar surface area (TPSA) is 95.9 Å². The fourth-order valence-electron chi connectivity index (χ4n) is 2.62. The first kappa shape index (κ1) is 14.8. The number of carbonyl (C=O) groups is 3. The molecule has 2 rings (SSSR count). The second-order valence-electron chi connectivity index (χ2n) is 5.39. The standard InChI is InChI=1S/C13H20N2O5/c1-20-7-11(16)14-8-2-4-15(5-3-8)12(17)9-6-10(9)13(18)19/h8-10H,2-7H2,1H3,(H,14,16)(H,18,19)/t9-,10+/m1/s1. The summed E-state index contributed by atoms with van der Waals surface area (Å²) >= 11 is 0. The van der Waals surface area contributed by atoms with Crippen molar-refractivity contribution in [3.63, 3.8) is 0 Å². The average Bonchev–Trinajstić information content (AvgIpc) is 3.19. The Labute approximate surface area is 117 Å². The Bertz CT molecular complexity index is 404. The van der Waals surface area contributed by atoms with Gasteiger partial charge in [0.1, 0.15) is 6.61 Å². The van der Waals surface area contributed by atoms with E-state index in [2.05, 4.69) is 5.32 Å². The van der Waals surface area contributed by atoms with Crippen LogP contribution in [0.2, 0.25) is 0 Å². The molecule has 2 atom stereocenters. The van der Waals surface area contributed by atoms with E-state index in [9.17, 15) is 14.4 Å². The lowest BCUT2D eigenvalue weighted by Gasteiger charge is -2.32. The molecule has 1 saturated carbocycles. The second-order valence-corrected chi connectivity index (χ2v) is 5.39. The Morgan fingerprint density at radius 1 is 1.25 bits per heavy atom. The number of carboxylic acids is 1. The highest BCUT2D eigenvalue weighted by Gasteiger charge is 2.50. The lowest BCUT2D eigenvalue weighted by atomic mass is 10.0. The fraction of sp³-hybridized carbons (Fsp3) is 0.769. The number of likely N-dealkylation sites (tertiary alicyclic amines) is 1. The lowest BCUT2D eigenvalue weighted by molar-refractivity contribution is -0.142. The Hall–Kier alpha value is -1.63. The molecule has 1 heterocycles. The highest BCUT2D eigenvalue weighted by atomic mass is 16.5. The minimum Gasteiger partial charge on any atom is -0.481 e. The SMILES string of the molecule is COCC(=O)NC1CCN(C(=O)[C@@H]2C[C@@H]2C(=O)O)CC1. The number of amides is 2. The molecule has 2 N–H and O–H groups in total. The number of carbonyl (C=O) groups excluding carboxylic acids is 2. The van der Waals surface area contributed by atoms with Crippen molar-refractivity contribution in [3.05, 3.63) is 0 Å². The summed E-state index contributed by atoms with van der Waals surface area (Å²) in [6.07, 6.45) is 1.86. The zero-order chi connectivity index (χ0) is 14.7. The predicted molar refractivity (Wildman–Crippen MR) is 68.9 cm³/mol. The number of nitrogens with zero attached hydrogens (tertiary/aromatic N) is 1. The number of hydrogen-bond donors (Lipinski definition) is 2. The van der Waals surface area contributed by atoms with Crippen LogP contribution in [0.5, 0.6) is 0 Å². The van der Waals surface area contributed by atoms with Gasteiger partial charge in [0.15, 0.2) is 0 Å². The molecular weight excluding hydrogens is 264 g/mol. The van der Waals surface area contributed by atoms with Gasteiger partial charge in [-0.2, -0.15) is 0 Å². The quantitative estimate of drug-likeness (QED) is 0.707. The third-order valence-corrected chi connectivity index (χ3v) is 3.87. The number of piperidine rings is 1. The zero-order valence-electron chi connectivity index (χ0n) is 11.5. The van der Waals surface area contributed by atoms with Crippen molar-refractivity contribution in [2.75, 3.05) is 26.8 Å². The molecule has 0 spiro atoms. The number of ether oxygens (including phenoxy) is 1. The molecule has 20 heavy (non-hydrogen) atoms. The van der Waals surface area contributed by atoms with Gasteiger partial charge in [-0.25, -0.2) is 0 Å². The maximum Gasteiger partial charge on any atom is 0.307 e. The predicted octanol–water partition coefficient (Wildman–Crippen LogP) is -0.539.